The third kappa shape index (κ3) is 2.94. The second-order valence-electron chi connectivity index (χ2n) is 2.80. The highest BCUT2D eigenvalue weighted by Crippen LogP contribution is 2.25. The SMILES string of the molecule is COc1nc(NCC(=O)O)nc(OC)c1C#N. The summed E-state index contributed by atoms with van der Waals surface area (Å²) in [5, 5.41) is 19.8. The maximum atomic E-state index is 10.4. The molecule has 90 valence electrons. The maximum absolute atomic E-state index is 10.4. The summed E-state index contributed by atoms with van der Waals surface area (Å²) in [6, 6.07) is 1.84. The Bertz CT molecular complexity index is 444. The van der Waals surface area contributed by atoms with E-state index in [0.29, 0.717) is 0 Å². The van der Waals surface area contributed by atoms with Gasteiger partial charge in [-0.05, 0) is 0 Å². The molecule has 0 bridgehead atoms. The number of carboxylic acid groups (broad SMARTS) is 1. The van der Waals surface area contributed by atoms with Gasteiger partial charge in [-0.1, -0.05) is 0 Å². The minimum Gasteiger partial charge on any atom is -0.480 e. The molecule has 0 aliphatic heterocycles. The summed E-state index contributed by atoms with van der Waals surface area (Å²) in [6.07, 6.45) is 0. The number of carbonyl (C=O) groups is 1. The topological polar surface area (TPSA) is 117 Å². The van der Waals surface area contributed by atoms with Crippen molar-refractivity contribution in [3.05, 3.63) is 5.56 Å². The van der Waals surface area contributed by atoms with Gasteiger partial charge in [0.15, 0.2) is 5.56 Å². The molecule has 0 amide bonds. The van der Waals surface area contributed by atoms with Crippen molar-refractivity contribution >= 4 is 11.9 Å². The monoisotopic (exact) mass is 238 g/mol. The summed E-state index contributed by atoms with van der Waals surface area (Å²) < 4.78 is 9.77. The van der Waals surface area contributed by atoms with E-state index in [0.717, 1.165) is 0 Å². The quantitative estimate of drug-likeness (QED) is 0.727. The van der Waals surface area contributed by atoms with E-state index >= 15 is 0 Å². The predicted molar refractivity (Wildman–Crippen MR) is 56.0 cm³/mol. The average Bonchev–Trinajstić information content (AvgIpc) is 2.34. The number of rotatable bonds is 5. The second-order valence-corrected chi connectivity index (χ2v) is 2.80. The van der Waals surface area contributed by atoms with E-state index in [4.69, 9.17) is 19.8 Å². The highest BCUT2D eigenvalue weighted by atomic mass is 16.5. The number of nitriles is 1. The molecule has 0 saturated carbocycles. The van der Waals surface area contributed by atoms with Gasteiger partial charge in [-0.25, -0.2) is 0 Å². The Morgan fingerprint density at radius 1 is 1.41 bits per heavy atom. The van der Waals surface area contributed by atoms with Crippen molar-refractivity contribution in [2.45, 2.75) is 0 Å². The third-order valence-electron chi connectivity index (χ3n) is 1.74. The molecule has 1 aromatic rings. The van der Waals surface area contributed by atoms with Gasteiger partial charge in [0.1, 0.15) is 12.6 Å². The normalized spacial score (nSPS) is 9.24. The molecule has 0 aromatic carbocycles. The summed E-state index contributed by atoms with van der Waals surface area (Å²) in [6.45, 7) is -0.349. The summed E-state index contributed by atoms with van der Waals surface area (Å²) in [7, 11) is 2.67. The highest BCUT2D eigenvalue weighted by Gasteiger charge is 2.15. The minimum atomic E-state index is -1.06. The van der Waals surface area contributed by atoms with E-state index < -0.39 is 5.97 Å². The molecule has 1 heterocycles. The van der Waals surface area contributed by atoms with Crippen LogP contribution in [-0.4, -0.2) is 41.8 Å². The lowest BCUT2D eigenvalue weighted by molar-refractivity contribution is -0.134. The number of nitrogens with zero attached hydrogens (tertiary/aromatic N) is 3. The molecule has 0 atom stereocenters. The molecule has 0 aliphatic rings. The summed E-state index contributed by atoms with van der Waals surface area (Å²) in [5.41, 5.74) is 0.0517. The largest absolute Gasteiger partial charge is 0.480 e. The summed E-state index contributed by atoms with van der Waals surface area (Å²) in [4.78, 5) is 18.0. The third-order valence-corrected chi connectivity index (χ3v) is 1.74. The number of hydrogen-bond donors (Lipinski definition) is 2. The van der Waals surface area contributed by atoms with E-state index in [1.165, 1.54) is 14.2 Å². The lowest BCUT2D eigenvalue weighted by Crippen LogP contribution is -2.15. The van der Waals surface area contributed by atoms with Crippen LogP contribution in [0.15, 0.2) is 0 Å². The number of methoxy groups -OCH3 is 2. The molecule has 0 radical (unpaired) electrons. The zero-order valence-corrected chi connectivity index (χ0v) is 9.22. The number of carboxylic acids is 1. The fourth-order valence-corrected chi connectivity index (χ4v) is 1.05. The highest BCUT2D eigenvalue weighted by molar-refractivity contribution is 5.72. The van der Waals surface area contributed by atoms with Gasteiger partial charge in [0.05, 0.1) is 14.2 Å². The summed E-state index contributed by atoms with van der Waals surface area (Å²) >= 11 is 0. The molecule has 2 N–H and O–H groups in total. The Morgan fingerprint density at radius 2 is 1.94 bits per heavy atom. The van der Waals surface area contributed by atoms with Crippen LogP contribution in [0.25, 0.3) is 0 Å². The van der Waals surface area contributed by atoms with Gasteiger partial charge in [-0.3, -0.25) is 4.79 Å². The van der Waals surface area contributed by atoms with Crippen LogP contribution in [0.4, 0.5) is 5.95 Å². The lowest BCUT2D eigenvalue weighted by Gasteiger charge is -2.08. The molecule has 0 saturated heterocycles. The van der Waals surface area contributed by atoms with Crippen molar-refractivity contribution in [3.63, 3.8) is 0 Å². The summed E-state index contributed by atoms with van der Waals surface area (Å²) in [5.74, 6) is -1.00. The van der Waals surface area contributed by atoms with Gasteiger partial charge in [-0.15, -0.1) is 0 Å². The maximum Gasteiger partial charge on any atom is 0.322 e. The Balaban J connectivity index is 3.10. The first-order valence-electron chi connectivity index (χ1n) is 4.48. The zero-order chi connectivity index (χ0) is 12.8. The van der Waals surface area contributed by atoms with E-state index in [1.807, 2.05) is 6.07 Å². The number of hydrogen-bond acceptors (Lipinski definition) is 7. The fraction of sp³-hybridized carbons (Fsp3) is 0.333. The number of aromatic nitrogens is 2. The van der Waals surface area contributed by atoms with Gasteiger partial charge in [0.25, 0.3) is 0 Å². The number of ether oxygens (including phenoxy) is 2. The zero-order valence-electron chi connectivity index (χ0n) is 9.22. The Kier molecular flexibility index (Phi) is 4.05. The van der Waals surface area contributed by atoms with Crippen LogP contribution in [0.5, 0.6) is 11.8 Å². The molecule has 1 rings (SSSR count). The van der Waals surface area contributed by atoms with Gasteiger partial charge in [-0.2, -0.15) is 15.2 Å². The molecule has 17 heavy (non-hydrogen) atoms. The van der Waals surface area contributed by atoms with Crippen LogP contribution in [0, 0.1) is 11.3 Å². The Labute approximate surface area is 96.8 Å². The van der Waals surface area contributed by atoms with E-state index in [-0.39, 0.29) is 29.8 Å². The lowest BCUT2D eigenvalue weighted by atomic mass is 10.3. The van der Waals surface area contributed by atoms with Crippen LogP contribution >= 0.6 is 0 Å². The van der Waals surface area contributed by atoms with Crippen LogP contribution in [0.2, 0.25) is 0 Å². The van der Waals surface area contributed by atoms with Crippen LogP contribution < -0.4 is 14.8 Å². The first-order chi connectivity index (χ1) is 8.12. The molecule has 0 spiro atoms. The number of aliphatic carboxylic acids is 1. The van der Waals surface area contributed by atoms with Crippen molar-refractivity contribution in [2.24, 2.45) is 0 Å². The van der Waals surface area contributed by atoms with E-state index in [9.17, 15) is 4.79 Å². The average molecular weight is 238 g/mol. The Hall–Kier alpha value is -2.56. The van der Waals surface area contributed by atoms with Crippen molar-refractivity contribution in [2.75, 3.05) is 26.1 Å². The van der Waals surface area contributed by atoms with Crippen molar-refractivity contribution < 1.29 is 19.4 Å². The van der Waals surface area contributed by atoms with Gasteiger partial charge >= 0.3 is 5.97 Å². The smallest absolute Gasteiger partial charge is 0.322 e. The van der Waals surface area contributed by atoms with Crippen molar-refractivity contribution in [1.82, 2.24) is 9.97 Å². The molecular weight excluding hydrogens is 228 g/mol. The second kappa shape index (κ2) is 5.50. The fourth-order valence-electron chi connectivity index (χ4n) is 1.05. The molecule has 0 fully saturated rings. The standard InChI is InChI=1S/C9H10N4O4/c1-16-7-5(3-10)8(17-2)13-9(12-7)11-4-6(14)15/h4H2,1-2H3,(H,14,15)(H,11,12,13). The van der Waals surface area contributed by atoms with Crippen molar-refractivity contribution in [1.29, 1.82) is 5.26 Å². The first-order valence-corrected chi connectivity index (χ1v) is 4.48. The van der Waals surface area contributed by atoms with Crippen LogP contribution in [-0.2, 0) is 4.79 Å². The van der Waals surface area contributed by atoms with Crippen LogP contribution in [0.1, 0.15) is 5.56 Å². The van der Waals surface area contributed by atoms with Crippen molar-refractivity contribution in [3.8, 4) is 17.8 Å². The van der Waals surface area contributed by atoms with Gasteiger partial charge in [0, 0.05) is 0 Å². The predicted octanol–water partition coefficient (Wildman–Crippen LogP) is -0.138. The minimum absolute atomic E-state index is 0.0140. The van der Waals surface area contributed by atoms with Gasteiger partial charge in [0.2, 0.25) is 17.7 Å². The number of anilines is 1. The molecule has 1 aromatic heterocycles. The number of nitrogens with one attached hydrogen (secondary N) is 1. The van der Waals surface area contributed by atoms with E-state index in [2.05, 4.69) is 15.3 Å². The first kappa shape index (κ1) is 12.5. The Morgan fingerprint density at radius 3 is 2.29 bits per heavy atom. The molecule has 8 nitrogen and oxygen atoms in total. The van der Waals surface area contributed by atoms with Gasteiger partial charge < -0.3 is 19.9 Å². The van der Waals surface area contributed by atoms with E-state index in [1.54, 1.807) is 0 Å². The molecule has 0 unspecified atom stereocenters. The molecule has 8 heteroatoms. The molecular formula is C9H10N4O4. The molecule has 0 aliphatic carbocycles. The van der Waals surface area contributed by atoms with Crippen LogP contribution in [0.3, 0.4) is 0 Å².